The number of methoxy groups -OCH3 is 1. The first-order valence-corrected chi connectivity index (χ1v) is 12.3. The number of aryl methyl sites for hydroxylation is 1. The maximum Gasteiger partial charge on any atom is 0.359 e. The first-order chi connectivity index (χ1) is 16.3. The average Bonchev–Trinajstić information content (AvgIpc) is 3.29. The number of benzene rings is 1. The third kappa shape index (κ3) is 4.90. The lowest BCUT2D eigenvalue weighted by Gasteiger charge is -2.26. The summed E-state index contributed by atoms with van der Waals surface area (Å²) in [6.07, 6.45) is 4.18. The van der Waals surface area contributed by atoms with Crippen LogP contribution in [0, 0.1) is 6.92 Å². The number of rotatable bonds is 7. The van der Waals surface area contributed by atoms with Crippen LogP contribution in [0.25, 0.3) is 5.65 Å². The molecular weight excluding hydrogens is 460 g/mol. The van der Waals surface area contributed by atoms with Gasteiger partial charge in [-0.15, -0.1) is 0 Å². The largest absolute Gasteiger partial charge is 0.495 e. The van der Waals surface area contributed by atoms with E-state index in [9.17, 15) is 18.0 Å². The van der Waals surface area contributed by atoms with E-state index < -0.39 is 28.5 Å². The number of carbonyl (C=O) groups excluding carboxylic acids is 2. The molecule has 1 saturated heterocycles. The Morgan fingerprint density at radius 2 is 1.88 bits per heavy atom. The van der Waals surface area contributed by atoms with Gasteiger partial charge in [-0.2, -0.15) is 4.31 Å². The van der Waals surface area contributed by atoms with Gasteiger partial charge in [0.05, 0.1) is 17.7 Å². The lowest BCUT2D eigenvalue weighted by molar-refractivity contribution is -0.119. The van der Waals surface area contributed by atoms with E-state index in [2.05, 4.69) is 10.3 Å². The molecule has 180 valence electrons. The highest BCUT2D eigenvalue weighted by atomic mass is 32.2. The second-order valence-electron chi connectivity index (χ2n) is 7.97. The van der Waals surface area contributed by atoms with Gasteiger partial charge >= 0.3 is 5.97 Å². The number of pyridine rings is 1. The molecule has 0 spiro atoms. The summed E-state index contributed by atoms with van der Waals surface area (Å²) in [6.45, 7) is 2.24. The molecule has 0 aliphatic carbocycles. The van der Waals surface area contributed by atoms with E-state index in [0.717, 1.165) is 25.0 Å². The van der Waals surface area contributed by atoms with E-state index in [1.165, 1.54) is 29.6 Å². The number of hydrogen-bond acceptors (Lipinski definition) is 7. The van der Waals surface area contributed by atoms with Crippen LogP contribution in [0.4, 0.5) is 5.69 Å². The summed E-state index contributed by atoms with van der Waals surface area (Å²) in [6, 6.07) is 9.75. The number of amides is 1. The lowest BCUT2D eigenvalue weighted by atomic mass is 10.2. The van der Waals surface area contributed by atoms with E-state index in [4.69, 9.17) is 9.47 Å². The van der Waals surface area contributed by atoms with Gasteiger partial charge in [-0.25, -0.2) is 18.2 Å². The zero-order chi connectivity index (χ0) is 24.3. The molecule has 0 bridgehead atoms. The van der Waals surface area contributed by atoms with E-state index >= 15 is 0 Å². The number of aromatic nitrogens is 2. The van der Waals surface area contributed by atoms with E-state index in [1.807, 2.05) is 19.1 Å². The number of esters is 1. The Hall–Kier alpha value is -3.44. The van der Waals surface area contributed by atoms with Gasteiger partial charge in [-0.3, -0.25) is 4.79 Å². The number of fused-ring (bicyclic) bond motifs is 1. The molecule has 1 fully saturated rings. The van der Waals surface area contributed by atoms with Crippen LogP contribution >= 0.6 is 0 Å². The molecule has 1 N–H and O–H groups in total. The molecule has 0 saturated carbocycles. The van der Waals surface area contributed by atoms with Crippen LogP contribution in [-0.4, -0.2) is 60.8 Å². The smallest absolute Gasteiger partial charge is 0.359 e. The van der Waals surface area contributed by atoms with Crippen molar-refractivity contribution in [3.05, 3.63) is 54.0 Å². The number of piperidine rings is 1. The maximum absolute atomic E-state index is 13.0. The highest BCUT2D eigenvalue weighted by molar-refractivity contribution is 7.89. The average molecular weight is 487 g/mol. The minimum Gasteiger partial charge on any atom is -0.495 e. The standard InChI is InChI=1S/C23H26N4O6S/c1-16-7-6-8-21-24-19(14-27(16)21)23(29)33-15-22(28)25-18-13-17(9-10-20(18)32-2)34(30,31)26-11-4-3-5-12-26/h6-10,13-14H,3-5,11-12,15H2,1-2H3,(H,25,28). The number of sulfonamides is 1. The first kappa shape index (κ1) is 23.7. The number of nitrogens with zero attached hydrogens (tertiary/aromatic N) is 3. The fourth-order valence-electron chi connectivity index (χ4n) is 3.84. The van der Waals surface area contributed by atoms with Gasteiger partial charge in [0, 0.05) is 25.0 Å². The predicted molar refractivity (Wildman–Crippen MR) is 124 cm³/mol. The van der Waals surface area contributed by atoms with Crippen LogP contribution in [0.15, 0.2) is 47.5 Å². The van der Waals surface area contributed by atoms with Gasteiger partial charge in [0.1, 0.15) is 11.4 Å². The quantitative estimate of drug-likeness (QED) is 0.510. The molecule has 0 unspecified atom stereocenters. The van der Waals surface area contributed by atoms with Crippen molar-refractivity contribution < 1.29 is 27.5 Å². The highest BCUT2D eigenvalue weighted by Crippen LogP contribution is 2.30. The first-order valence-electron chi connectivity index (χ1n) is 10.9. The molecular formula is C23H26N4O6S. The summed E-state index contributed by atoms with van der Waals surface area (Å²) in [5, 5.41) is 2.57. The Morgan fingerprint density at radius 3 is 2.59 bits per heavy atom. The van der Waals surface area contributed by atoms with Crippen molar-refractivity contribution in [2.24, 2.45) is 0 Å². The summed E-state index contributed by atoms with van der Waals surface area (Å²) in [7, 11) is -2.28. The fraction of sp³-hybridized carbons (Fsp3) is 0.348. The number of anilines is 1. The highest BCUT2D eigenvalue weighted by Gasteiger charge is 2.27. The second-order valence-corrected chi connectivity index (χ2v) is 9.91. The molecule has 1 amide bonds. The number of hydrogen-bond donors (Lipinski definition) is 1. The van der Waals surface area contributed by atoms with E-state index in [-0.39, 0.29) is 22.0 Å². The third-order valence-electron chi connectivity index (χ3n) is 5.64. The molecule has 3 aromatic rings. The number of ether oxygens (including phenoxy) is 2. The molecule has 10 nitrogen and oxygen atoms in total. The van der Waals surface area contributed by atoms with Crippen molar-refractivity contribution in [2.45, 2.75) is 31.1 Å². The molecule has 1 aliphatic rings. The molecule has 34 heavy (non-hydrogen) atoms. The molecule has 1 aliphatic heterocycles. The number of carbonyl (C=O) groups is 2. The van der Waals surface area contributed by atoms with Gasteiger partial charge in [0.2, 0.25) is 10.0 Å². The normalized spacial score (nSPS) is 14.6. The molecule has 1 aromatic carbocycles. The SMILES string of the molecule is COc1ccc(S(=O)(=O)N2CCCCC2)cc1NC(=O)COC(=O)c1cn2c(C)cccc2n1. The molecule has 2 aromatic heterocycles. The molecule has 11 heteroatoms. The Kier molecular flexibility index (Phi) is 6.85. The Labute approximate surface area is 197 Å². The number of imidazole rings is 1. The van der Waals surface area contributed by atoms with E-state index in [1.54, 1.807) is 16.7 Å². The van der Waals surface area contributed by atoms with Crippen molar-refractivity contribution in [3.63, 3.8) is 0 Å². The minimum atomic E-state index is -3.69. The van der Waals surface area contributed by atoms with Gasteiger partial charge < -0.3 is 19.2 Å². The van der Waals surface area contributed by atoms with Crippen molar-refractivity contribution in [2.75, 3.05) is 32.1 Å². The van der Waals surface area contributed by atoms with Crippen molar-refractivity contribution in [1.82, 2.24) is 13.7 Å². The van der Waals surface area contributed by atoms with Crippen LogP contribution in [0.3, 0.4) is 0 Å². The van der Waals surface area contributed by atoms with Gasteiger partial charge in [0.25, 0.3) is 5.91 Å². The molecule has 3 heterocycles. The summed E-state index contributed by atoms with van der Waals surface area (Å²) in [5.41, 5.74) is 1.74. The Morgan fingerprint density at radius 1 is 1.12 bits per heavy atom. The predicted octanol–water partition coefficient (Wildman–Crippen LogP) is 2.62. The van der Waals surface area contributed by atoms with Crippen LogP contribution in [0.1, 0.15) is 35.4 Å². The lowest BCUT2D eigenvalue weighted by Crippen LogP contribution is -2.35. The van der Waals surface area contributed by atoms with Crippen molar-refractivity contribution in [3.8, 4) is 5.75 Å². The van der Waals surface area contributed by atoms with E-state index in [0.29, 0.717) is 18.7 Å². The van der Waals surface area contributed by atoms with Crippen molar-refractivity contribution in [1.29, 1.82) is 0 Å². The van der Waals surface area contributed by atoms with Crippen LogP contribution in [-0.2, 0) is 19.6 Å². The minimum absolute atomic E-state index is 0.0579. The van der Waals surface area contributed by atoms with Crippen molar-refractivity contribution >= 4 is 33.2 Å². The van der Waals surface area contributed by atoms with Gasteiger partial charge in [-0.1, -0.05) is 12.5 Å². The van der Waals surface area contributed by atoms with Crippen LogP contribution < -0.4 is 10.1 Å². The van der Waals surface area contributed by atoms with Gasteiger partial charge in [0.15, 0.2) is 12.3 Å². The Bertz CT molecular complexity index is 1330. The molecule has 4 rings (SSSR count). The summed E-state index contributed by atoms with van der Waals surface area (Å²) >= 11 is 0. The zero-order valence-corrected chi connectivity index (χ0v) is 19.8. The van der Waals surface area contributed by atoms with Crippen LogP contribution in [0.2, 0.25) is 0 Å². The zero-order valence-electron chi connectivity index (χ0n) is 19.0. The summed E-state index contributed by atoms with van der Waals surface area (Å²) < 4.78 is 39.5. The molecule has 0 radical (unpaired) electrons. The number of nitrogens with one attached hydrogen (secondary N) is 1. The summed E-state index contributed by atoms with van der Waals surface area (Å²) in [4.78, 5) is 29.1. The molecule has 0 atom stereocenters. The topological polar surface area (TPSA) is 119 Å². The second kappa shape index (κ2) is 9.82. The third-order valence-corrected chi connectivity index (χ3v) is 7.53. The maximum atomic E-state index is 13.0. The van der Waals surface area contributed by atoms with Crippen LogP contribution in [0.5, 0.6) is 5.75 Å². The van der Waals surface area contributed by atoms with Gasteiger partial charge in [-0.05, 0) is 50.1 Å². The fourth-order valence-corrected chi connectivity index (χ4v) is 5.38. The summed E-state index contributed by atoms with van der Waals surface area (Å²) in [5.74, 6) is -1.10. The Balaban J connectivity index is 1.44. The monoisotopic (exact) mass is 486 g/mol.